The molecule has 1 amide bonds. The second-order valence-electron chi connectivity index (χ2n) is 7.23. The van der Waals surface area contributed by atoms with Crippen LogP contribution in [0.2, 0.25) is 0 Å². The van der Waals surface area contributed by atoms with E-state index < -0.39 is 45.2 Å². The molecule has 1 aromatic carbocycles. The minimum Gasteiger partial charge on any atom is -0.460 e. The van der Waals surface area contributed by atoms with E-state index in [1.807, 2.05) is 6.92 Å². The lowest BCUT2D eigenvalue weighted by Crippen LogP contribution is -2.47. The van der Waals surface area contributed by atoms with Crippen LogP contribution < -0.4 is 10.0 Å². The molecule has 0 fully saturated rings. The number of hydrogen-bond donors (Lipinski definition) is 2. The lowest BCUT2D eigenvalue weighted by atomic mass is 10.2. The predicted molar refractivity (Wildman–Crippen MR) is 102 cm³/mol. The van der Waals surface area contributed by atoms with Gasteiger partial charge in [-0.1, -0.05) is 17.7 Å². The van der Waals surface area contributed by atoms with Crippen LogP contribution >= 0.6 is 0 Å². The van der Waals surface area contributed by atoms with E-state index in [0.717, 1.165) is 5.56 Å². The summed E-state index contributed by atoms with van der Waals surface area (Å²) in [7, 11) is -4.27. The fourth-order valence-electron chi connectivity index (χ4n) is 2.09. The first-order valence-electron chi connectivity index (χ1n) is 8.40. The van der Waals surface area contributed by atoms with Crippen molar-refractivity contribution in [2.24, 2.45) is 0 Å². The molecule has 0 aliphatic carbocycles. The molecule has 27 heavy (non-hydrogen) atoms. The van der Waals surface area contributed by atoms with Crippen LogP contribution in [-0.4, -0.2) is 43.5 Å². The molecule has 2 atom stereocenters. The number of benzene rings is 1. The first-order chi connectivity index (χ1) is 12.3. The lowest BCUT2D eigenvalue weighted by molar-refractivity contribution is -0.155. The smallest absolute Gasteiger partial charge is 0.308 e. The molecule has 0 aliphatic rings. The van der Waals surface area contributed by atoms with Gasteiger partial charge in [0, 0.05) is 5.69 Å². The summed E-state index contributed by atoms with van der Waals surface area (Å²) in [5, 5.41) is 0.511. The number of hydrogen-bond acceptors (Lipinski definition) is 6. The van der Waals surface area contributed by atoms with Gasteiger partial charge in [-0.25, -0.2) is 8.42 Å². The summed E-state index contributed by atoms with van der Waals surface area (Å²) < 4.78 is 32.9. The van der Waals surface area contributed by atoms with E-state index in [1.54, 1.807) is 45.0 Å². The average Bonchev–Trinajstić information content (AvgIpc) is 2.52. The minimum absolute atomic E-state index is 0.256. The molecule has 0 radical (unpaired) electrons. The largest absolute Gasteiger partial charge is 0.460 e. The van der Waals surface area contributed by atoms with Gasteiger partial charge in [-0.05, 0) is 46.8 Å². The second-order valence-corrected chi connectivity index (χ2v) is 9.09. The highest BCUT2D eigenvalue weighted by Crippen LogP contribution is 2.17. The van der Waals surface area contributed by atoms with Crippen LogP contribution in [0.4, 0.5) is 5.69 Å². The number of ether oxygens (including phenoxy) is 1. The van der Waals surface area contributed by atoms with Crippen molar-refractivity contribution in [3.63, 3.8) is 0 Å². The van der Waals surface area contributed by atoms with Gasteiger partial charge in [0.25, 0.3) is 0 Å². The van der Waals surface area contributed by atoms with Crippen molar-refractivity contribution in [3.8, 4) is 0 Å². The van der Waals surface area contributed by atoms with E-state index in [0.29, 0.717) is 6.29 Å². The summed E-state index contributed by atoms with van der Waals surface area (Å²) in [6.45, 7) is 8.14. The normalized spacial score (nSPS) is 14.0. The fourth-order valence-corrected chi connectivity index (χ4v) is 3.40. The van der Waals surface area contributed by atoms with Crippen LogP contribution in [-0.2, 0) is 29.1 Å². The van der Waals surface area contributed by atoms with E-state index in [-0.39, 0.29) is 5.69 Å². The van der Waals surface area contributed by atoms with Crippen molar-refractivity contribution in [1.29, 1.82) is 0 Å². The van der Waals surface area contributed by atoms with Crippen molar-refractivity contribution in [3.05, 3.63) is 29.8 Å². The molecular formula is C18H26N2O6S. The molecule has 9 heteroatoms. The van der Waals surface area contributed by atoms with Gasteiger partial charge in [-0.15, -0.1) is 0 Å². The third-order valence-electron chi connectivity index (χ3n) is 3.32. The van der Waals surface area contributed by atoms with Crippen LogP contribution in [0.1, 0.15) is 39.7 Å². The van der Waals surface area contributed by atoms with E-state index in [1.165, 1.54) is 6.92 Å². The molecule has 8 nitrogen and oxygen atoms in total. The summed E-state index contributed by atoms with van der Waals surface area (Å²) in [6, 6.07) is 5.60. The monoisotopic (exact) mass is 398 g/mol. The number of nitrogens with one attached hydrogen (secondary N) is 2. The zero-order chi connectivity index (χ0) is 20.8. The number of amides is 1. The summed E-state index contributed by atoms with van der Waals surface area (Å²) >= 11 is 0. The Labute approximate surface area is 159 Å². The summed E-state index contributed by atoms with van der Waals surface area (Å²) in [5.41, 5.74) is 0.356. The third-order valence-corrected chi connectivity index (χ3v) is 4.97. The van der Waals surface area contributed by atoms with E-state index in [2.05, 4.69) is 10.0 Å². The van der Waals surface area contributed by atoms with Gasteiger partial charge in [0.1, 0.15) is 11.9 Å². The highest BCUT2D eigenvalue weighted by atomic mass is 32.2. The molecule has 1 aromatic rings. The van der Waals surface area contributed by atoms with Crippen molar-refractivity contribution in [2.75, 3.05) is 4.72 Å². The Morgan fingerprint density at radius 3 is 2.22 bits per heavy atom. The Morgan fingerprint density at radius 2 is 1.74 bits per heavy atom. The number of carbonyl (C=O) groups excluding carboxylic acids is 3. The van der Waals surface area contributed by atoms with Gasteiger partial charge in [-0.2, -0.15) is 0 Å². The lowest BCUT2D eigenvalue weighted by Gasteiger charge is -2.23. The third kappa shape index (κ3) is 7.78. The molecule has 0 saturated carbocycles. The number of aldehydes is 1. The Kier molecular flexibility index (Phi) is 7.53. The van der Waals surface area contributed by atoms with Gasteiger partial charge in [0.05, 0.1) is 12.5 Å². The van der Waals surface area contributed by atoms with Gasteiger partial charge < -0.3 is 14.8 Å². The van der Waals surface area contributed by atoms with Crippen molar-refractivity contribution in [1.82, 2.24) is 5.32 Å². The predicted octanol–water partition coefficient (Wildman–Crippen LogP) is 1.54. The van der Waals surface area contributed by atoms with Crippen LogP contribution in [0.15, 0.2) is 24.3 Å². The number of aryl methyl sites for hydroxylation is 1. The van der Waals surface area contributed by atoms with E-state index >= 15 is 0 Å². The molecule has 0 spiro atoms. The molecule has 0 unspecified atom stereocenters. The number of rotatable bonds is 8. The SMILES string of the molecule is Cc1ccc(NS(=O)(=O)[C@H](CC(=O)OC(C)(C)C)C(=O)N[C@H](C)C=O)cc1. The zero-order valence-corrected chi connectivity index (χ0v) is 16.9. The Balaban J connectivity index is 3.09. The fraction of sp³-hybridized carbons (Fsp3) is 0.500. The Morgan fingerprint density at radius 1 is 1.19 bits per heavy atom. The van der Waals surface area contributed by atoms with Gasteiger partial charge in [-0.3, -0.25) is 14.3 Å². The van der Waals surface area contributed by atoms with Gasteiger partial charge in [0.2, 0.25) is 15.9 Å². The van der Waals surface area contributed by atoms with Crippen LogP contribution in [0, 0.1) is 6.92 Å². The summed E-state index contributed by atoms with van der Waals surface area (Å²) in [4.78, 5) is 35.3. The molecule has 1 rings (SSSR count). The van der Waals surface area contributed by atoms with Crippen LogP contribution in [0.5, 0.6) is 0 Å². The Bertz CT molecular complexity index is 781. The van der Waals surface area contributed by atoms with Crippen LogP contribution in [0.3, 0.4) is 0 Å². The number of carbonyl (C=O) groups is 3. The van der Waals surface area contributed by atoms with E-state index in [4.69, 9.17) is 4.74 Å². The second kappa shape index (κ2) is 8.98. The summed E-state index contributed by atoms with van der Waals surface area (Å²) in [5.74, 6) is -1.80. The Hall–Kier alpha value is -2.42. The first kappa shape index (κ1) is 22.6. The maximum atomic E-state index is 12.7. The maximum Gasteiger partial charge on any atom is 0.308 e. The minimum atomic E-state index is -4.27. The number of sulfonamides is 1. The molecule has 0 saturated heterocycles. The van der Waals surface area contributed by atoms with Crippen molar-refractivity contribution < 1.29 is 27.5 Å². The van der Waals surface area contributed by atoms with Crippen molar-refractivity contribution >= 4 is 33.9 Å². The standard InChI is InChI=1S/C18H26N2O6S/c1-12-6-8-14(9-7-12)20-27(24,25)15(17(23)19-13(2)11-21)10-16(22)26-18(3,4)5/h6-9,11,13,15,20H,10H2,1-5H3,(H,19,23)/t13-,15-/m1/s1. The number of esters is 1. The number of anilines is 1. The summed E-state index contributed by atoms with van der Waals surface area (Å²) in [6.07, 6.45) is -0.224. The topological polar surface area (TPSA) is 119 Å². The van der Waals surface area contributed by atoms with Gasteiger partial charge >= 0.3 is 5.97 Å². The highest BCUT2D eigenvalue weighted by molar-refractivity contribution is 7.94. The molecule has 150 valence electrons. The van der Waals surface area contributed by atoms with E-state index in [9.17, 15) is 22.8 Å². The molecule has 0 aliphatic heterocycles. The molecular weight excluding hydrogens is 372 g/mol. The van der Waals surface area contributed by atoms with Crippen molar-refractivity contribution in [2.45, 2.75) is 57.9 Å². The molecule has 2 N–H and O–H groups in total. The first-order valence-corrected chi connectivity index (χ1v) is 9.94. The molecule has 0 bridgehead atoms. The molecule has 0 heterocycles. The zero-order valence-electron chi connectivity index (χ0n) is 16.1. The molecule has 0 aromatic heterocycles. The maximum absolute atomic E-state index is 12.7. The average molecular weight is 398 g/mol. The highest BCUT2D eigenvalue weighted by Gasteiger charge is 2.37. The van der Waals surface area contributed by atoms with Crippen LogP contribution in [0.25, 0.3) is 0 Å². The quantitative estimate of drug-likeness (QED) is 0.506. The van der Waals surface area contributed by atoms with Gasteiger partial charge in [0.15, 0.2) is 5.25 Å².